The molecule has 12 atom stereocenters. The van der Waals surface area contributed by atoms with E-state index in [1.54, 1.807) is 17.0 Å². The first-order chi connectivity index (χ1) is 46.8. The summed E-state index contributed by atoms with van der Waals surface area (Å²) >= 11 is 0. The Balaban J connectivity index is 0.696. The lowest BCUT2D eigenvalue weighted by Gasteiger charge is -2.43. The number of methoxy groups -OCH3 is 2. The molecule has 10 unspecified atom stereocenters. The number of halogens is 1. The van der Waals surface area contributed by atoms with Gasteiger partial charge in [-0.3, -0.25) is 28.9 Å². The molecule has 4 heterocycles. The first-order valence-corrected chi connectivity index (χ1v) is 37.7. The molecule has 0 saturated carbocycles. The summed E-state index contributed by atoms with van der Waals surface area (Å²) in [5, 5.41) is 22.5. The van der Waals surface area contributed by atoms with Gasteiger partial charge >= 0.3 is 35.9 Å². The molecule has 4 aliphatic heterocycles. The van der Waals surface area contributed by atoms with Crippen molar-refractivity contribution in [3.8, 4) is 0 Å². The molecule has 1 amide bonds. The zero-order valence-corrected chi connectivity index (χ0v) is 59.0. The second-order valence-corrected chi connectivity index (χ2v) is 27.8. The summed E-state index contributed by atoms with van der Waals surface area (Å²) in [6, 6.07) is 15.9. The number of hydrogen-bond acceptors (Lipinski definition) is 15. The van der Waals surface area contributed by atoms with Crippen molar-refractivity contribution >= 4 is 35.9 Å². The van der Waals surface area contributed by atoms with Gasteiger partial charge in [-0.15, -0.1) is 0 Å². The fraction of sp³-hybridized carbons (Fsp3) is 0.722. The smallest absolute Gasteiger partial charge is 0.410 e. The number of piperidine rings is 2. The van der Waals surface area contributed by atoms with Crippen LogP contribution in [0.4, 0.5) is 9.18 Å². The fourth-order valence-corrected chi connectivity index (χ4v) is 15.4. The molecule has 0 radical (unpaired) electrons. The molecule has 4 fully saturated rings. The van der Waals surface area contributed by atoms with Crippen LogP contribution in [0.25, 0.3) is 0 Å². The number of aliphatic hydroxyl groups excluding tert-OH is 2. The maximum absolute atomic E-state index is 13.9. The van der Waals surface area contributed by atoms with Gasteiger partial charge in [-0.25, -0.2) is 9.18 Å². The number of ether oxygens (including phenoxy) is 6. The van der Waals surface area contributed by atoms with E-state index in [1.165, 1.54) is 26.4 Å². The first kappa shape index (κ1) is 79.3. The Bertz CT molecular complexity index is 2600. The number of benzene rings is 2. The van der Waals surface area contributed by atoms with E-state index in [4.69, 9.17) is 28.4 Å². The van der Waals surface area contributed by atoms with Gasteiger partial charge in [0.2, 0.25) is 0 Å². The average Bonchev–Trinajstić information content (AvgIpc) is 1.56. The molecular weight excluding hydrogens is 1220 g/mol. The molecule has 17 heteroatoms. The Kier molecular flexibility index (Phi) is 37.9. The Labute approximate surface area is 574 Å². The lowest BCUT2D eigenvalue weighted by molar-refractivity contribution is -0.161. The number of fused-ring (bicyclic) bond motifs is 4. The largest absolute Gasteiger partial charge is 0.469 e. The summed E-state index contributed by atoms with van der Waals surface area (Å²) in [7, 11) is 2.80. The van der Waals surface area contributed by atoms with Crippen LogP contribution in [0.1, 0.15) is 281 Å². The van der Waals surface area contributed by atoms with Gasteiger partial charge in [-0.2, -0.15) is 0 Å². The van der Waals surface area contributed by atoms with Gasteiger partial charge in [0.1, 0.15) is 18.0 Å². The number of esters is 5. The van der Waals surface area contributed by atoms with Crippen LogP contribution in [0, 0.1) is 17.7 Å². The lowest BCUT2D eigenvalue weighted by atomic mass is 9.76. The normalized spacial score (nSPS) is 22.0. The van der Waals surface area contributed by atoms with Crippen LogP contribution in [0.5, 0.6) is 0 Å². The minimum Gasteiger partial charge on any atom is -0.469 e. The van der Waals surface area contributed by atoms with Crippen LogP contribution in [0.15, 0.2) is 78.9 Å². The van der Waals surface area contributed by atoms with E-state index >= 15 is 0 Å². The minimum atomic E-state index is -0.857. The molecule has 0 aromatic heterocycles. The molecule has 0 aliphatic carbocycles. The SMILES string of the molecule is CCCCCC(OC(=O)CN1C2CCC1C(C(=O)OC)[C@@H](c1ccccc1)C2)C(O)C/C=C\CCCCCCCC(=O)OCCCCCCCCCCOC(=O)CCCCCCC/C=C\CC(O)C(CCCCC)OC(=O)N1C2CCC1C(C(=O)OC)[C@H](c1ccc(F)cc1)C2. The molecule has 4 saturated heterocycles. The molecule has 2 aromatic carbocycles. The third-order valence-corrected chi connectivity index (χ3v) is 20.7. The summed E-state index contributed by atoms with van der Waals surface area (Å²) in [5.41, 5.74) is 1.99. The maximum atomic E-state index is 13.9. The summed E-state index contributed by atoms with van der Waals surface area (Å²) in [6.07, 6.45) is 37.8. The van der Waals surface area contributed by atoms with E-state index in [1.807, 2.05) is 30.4 Å². The number of amides is 1. The highest BCUT2D eigenvalue weighted by atomic mass is 19.1. The summed E-state index contributed by atoms with van der Waals surface area (Å²) in [5.74, 6) is -2.66. The van der Waals surface area contributed by atoms with Gasteiger partial charge in [0.15, 0.2) is 0 Å². The van der Waals surface area contributed by atoms with Crippen molar-refractivity contribution in [2.75, 3.05) is 34.0 Å². The number of allylic oxidation sites excluding steroid dienone is 2. The van der Waals surface area contributed by atoms with Gasteiger partial charge in [-0.05, 0) is 152 Å². The van der Waals surface area contributed by atoms with Crippen molar-refractivity contribution in [2.24, 2.45) is 11.8 Å². The molecule has 0 spiro atoms. The summed E-state index contributed by atoms with van der Waals surface area (Å²) < 4.78 is 47.5. The van der Waals surface area contributed by atoms with Gasteiger partial charge in [0.25, 0.3) is 0 Å². The zero-order valence-electron chi connectivity index (χ0n) is 59.0. The minimum absolute atomic E-state index is 0.0415. The number of unbranched alkanes of at least 4 members (excludes halogenated alkanes) is 21. The molecule has 4 bridgehead atoms. The second-order valence-electron chi connectivity index (χ2n) is 27.8. The zero-order chi connectivity index (χ0) is 68.7. The van der Waals surface area contributed by atoms with Crippen molar-refractivity contribution in [1.29, 1.82) is 0 Å². The summed E-state index contributed by atoms with van der Waals surface area (Å²) in [4.78, 5) is 82.4. The Morgan fingerprint density at radius 2 is 0.948 bits per heavy atom. The first-order valence-electron chi connectivity index (χ1n) is 37.7. The van der Waals surface area contributed by atoms with E-state index in [-0.39, 0.29) is 72.1 Å². The molecule has 16 nitrogen and oxygen atoms in total. The highest BCUT2D eigenvalue weighted by Crippen LogP contribution is 2.49. The number of rotatable bonds is 49. The Morgan fingerprint density at radius 3 is 1.47 bits per heavy atom. The molecule has 538 valence electrons. The maximum Gasteiger partial charge on any atom is 0.410 e. The predicted octanol–water partition coefficient (Wildman–Crippen LogP) is 16.6. The van der Waals surface area contributed by atoms with Gasteiger partial charge in [0.05, 0.1) is 58.0 Å². The van der Waals surface area contributed by atoms with E-state index in [0.29, 0.717) is 64.6 Å². The van der Waals surface area contributed by atoms with E-state index < -0.39 is 48.4 Å². The number of carbonyl (C=O) groups excluding carboxylic acids is 6. The van der Waals surface area contributed by atoms with Crippen LogP contribution >= 0.6 is 0 Å². The number of carbonyl (C=O) groups is 6. The topological polar surface area (TPSA) is 205 Å². The van der Waals surface area contributed by atoms with E-state index in [9.17, 15) is 43.4 Å². The third-order valence-electron chi connectivity index (χ3n) is 20.7. The standard InChI is InChI=1S/C79H121FN2O14/c1-5-7-28-42-70(95-74(87)58-81-62-50-52-66(81)75(77(88)91-3)64(56-62)59-38-30-27-31-39-59)68(83)40-32-21-15-9-11-17-23-34-44-72(85)93-54-36-25-19-13-14-20-26-37-55-94-73(86)45-35-24-18-12-10-16-22-33-41-69(84)71(43-29-8-6-2)96-79(90)82-63-51-53-67(82)76(78(89)92-4)65(57-63)60-46-48-61(80)49-47-60/h21-22,27,30-33,38-39,46-49,62-71,75-76,83-84H,5-20,23-26,28-29,34-37,40-45,50-58H2,1-4H3/b32-21-,33-22-/t62?,63?,64-,65+,66?,67?,68?,69?,70?,71?,75?,76?/m1/s1. The van der Waals surface area contributed by atoms with Crippen LogP contribution in [-0.4, -0.2) is 139 Å². The number of nitrogens with zero attached hydrogens (tertiary/aromatic N) is 2. The molecule has 2 aromatic rings. The quantitative estimate of drug-likeness (QED) is 0.0274. The van der Waals surface area contributed by atoms with E-state index in [2.05, 4.69) is 43.0 Å². The highest BCUT2D eigenvalue weighted by molar-refractivity contribution is 5.78. The van der Waals surface area contributed by atoms with Gasteiger partial charge in [-0.1, -0.05) is 183 Å². The Hall–Kier alpha value is -5.65. The van der Waals surface area contributed by atoms with Crippen LogP contribution in [0.2, 0.25) is 0 Å². The van der Waals surface area contributed by atoms with Gasteiger partial charge in [0, 0.05) is 48.8 Å². The second kappa shape index (κ2) is 45.8. The molecule has 96 heavy (non-hydrogen) atoms. The van der Waals surface area contributed by atoms with Crippen molar-refractivity contribution in [2.45, 2.75) is 318 Å². The lowest BCUT2D eigenvalue weighted by Crippen LogP contribution is -2.54. The van der Waals surface area contributed by atoms with Crippen molar-refractivity contribution in [3.63, 3.8) is 0 Å². The molecular formula is C79H121FN2O14. The van der Waals surface area contributed by atoms with Crippen molar-refractivity contribution in [1.82, 2.24) is 9.80 Å². The van der Waals surface area contributed by atoms with E-state index in [0.717, 1.165) is 204 Å². The van der Waals surface area contributed by atoms with Crippen LogP contribution in [-0.2, 0) is 52.4 Å². The average molecular weight is 1340 g/mol. The van der Waals surface area contributed by atoms with Crippen LogP contribution in [0.3, 0.4) is 0 Å². The highest BCUT2D eigenvalue weighted by Gasteiger charge is 2.54. The predicted molar refractivity (Wildman–Crippen MR) is 372 cm³/mol. The third kappa shape index (κ3) is 27.2. The molecule has 2 N–H and O–H groups in total. The summed E-state index contributed by atoms with van der Waals surface area (Å²) in [6.45, 7) is 5.29. The fourth-order valence-electron chi connectivity index (χ4n) is 15.4. The molecule has 6 rings (SSSR count). The molecule has 4 aliphatic rings. The van der Waals surface area contributed by atoms with Crippen molar-refractivity contribution in [3.05, 3.63) is 95.8 Å². The number of hydrogen-bond donors (Lipinski definition) is 2. The van der Waals surface area contributed by atoms with Gasteiger partial charge < -0.3 is 43.5 Å². The van der Waals surface area contributed by atoms with Crippen LogP contribution < -0.4 is 0 Å². The number of aliphatic hydroxyl groups is 2. The monoisotopic (exact) mass is 1340 g/mol. The van der Waals surface area contributed by atoms with Crippen molar-refractivity contribution < 1.29 is 71.8 Å². The Morgan fingerprint density at radius 1 is 0.500 bits per heavy atom.